The van der Waals surface area contributed by atoms with E-state index in [1.807, 2.05) is 38.8 Å². The Balaban J connectivity index is 2.90. The molecule has 1 aromatic carbocycles. The summed E-state index contributed by atoms with van der Waals surface area (Å²) in [5.74, 6) is -0.394. The number of benzene rings is 1. The number of carbonyl (C=O) groups is 1. The zero-order chi connectivity index (χ0) is 16.0. The van der Waals surface area contributed by atoms with E-state index in [0.29, 0.717) is 18.7 Å². The highest BCUT2D eigenvalue weighted by molar-refractivity contribution is 5.78. The van der Waals surface area contributed by atoms with Gasteiger partial charge in [-0.05, 0) is 12.1 Å². The molecule has 0 bridgehead atoms. The first kappa shape index (κ1) is 17.4. The van der Waals surface area contributed by atoms with E-state index in [9.17, 15) is 9.18 Å². The molecule has 21 heavy (non-hydrogen) atoms. The van der Waals surface area contributed by atoms with Crippen molar-refractivity contribution in [2.75, 3.05) is 25.5 Å². The minimum Gasteiger partial charge on any atom is -0.373 e. The number of anilines is 1. The molecule has 0 heterocycles. The SMILES string of the molecule is CNC(=O)C(C)CN(C)c1cccc(F)c1CNC(C)C. The lowest BCUT2D eigenvalue weighted by molar-refractivity contribution is -0.123. The molecule has 118 valence electrons. The lowest BCUT2D eigenvalue weighted by Gasteiger charge is -2.26. The van der Waals surface area contributed by atoms with Crippen LogP contribution in [0, 0.1) is 11.7 Å². The second-order valence-electron chi connectivity index (χ2n) is 5.67. The Labute approximate surface area is 126 Å². The van der Waals surface area contributed by atoms with Crippen molar-refractivity contribution in [3.8, 4) is 0 Å². The number of halogens is 1. The Morgan fingerprint density at radius 2 is 2.00 bits per heavy atom. The molecular weight excluding hydrogens is 269 g/mol. The van der Waals surface area contributed by atoms with Gasteiger partial charge in [-0.15, -0.1) is 0 Å². The van der Waals surface area contributed by atoms with Crippen molar-refractivity contribution in [2.24, 2.45) is 5.92 Å². The Hall–Kier alpha value is -1.62. The molecule has 0 fully saturated rings. The number of hydrogen-bond acceptors (Lipinski definition) is 3. The highest BCUT2D eigenvalue weighted by Gasteiger charge is 2.17. The fourth-order valence-corrected chi connectivity index (χ4v) is 2.22. The zero-order valence-electron chi connectivity index (χ0n) is 13.5. The van der Waals surface area contributed by atoms with Crippen molar-refractivity contribution in [3.05, 3.63) is 29.6 Å². The molecule has 4 nitrogen and oxygen atoms in total. The molecule has 1 aromatic rings. The molecule has 0 saturated carbocycles. The summed E-state index contributed by atoms with van der Waals surface area (Å²) in [5, 5.41) is 5.87. The van der Waals surface area contributed by atoms with Gasteiger partial charge in [-0.25, -0.2) is 4.39 Å². The molecule has 0 radical (unpaired) electrons. The zero-order valence-corrected chi connectivity index (χ0v) is 13.5. The van der Waals surface area contributed by atoms with E-state index in [1.165, 1.54) is 6.07 Å². The number of amides is 1. The second kappa shape index (κ2) is 7.98. The van der Waals surface area contributed by atoms with Crippen molar-refractivity contribution in [2.45, 2.75) is 33.4 Å². The summed E-state index contributed by atoms with van der Waals surface area (Å²) in [6, 6.07) is 5.34. The quantitative estimate of drug-likeness (QED) is 0.810. The van der Waals surface area contributed by atoms with Gasteiger partial charge in [-0.1, -0.05) is 26.8 Å². The number of nitrogens with zero attached hydrogens (tertiary/aromatic N) is 1. The largest absolute Gasteiger partial charge is 0.373 e. The average molecular weight is 295 g/mol. The van der Waals surface area contributed by atoms with Crippen LogP contribution in [0.15, 0.2) is 18.2 Å². The summed E-state index contributed by atoms with van der Waals surface area (Å²) in [4.78, 5) is 13.6. The number of rotatable bonds is 7. The van der Waals surface area contributed by atoms with E-state index in [1.54, 1.807) is 13.1 Å². The van der Waals surface area contributed by atoms with Gasteiger partial charge in [-0.3, -0.25) is 4.79 Å². The van der Waals surface area contributed by atoms with Crippen molar-refractivity contribution in [1.29, 1.82) is 0 Å². The molecule has 0 spiro atoms. The van der Waals surface area contributed by atoms with Gasteiger partial charge in [0.1, 0.15) is 5.82 Å². The fraction of sp³-hybridized carbons (Fsp3) is 0.562. The molecule has 1 rings (SSSR count). The minimum atomic E-state index is -0.222. The summed E-state index contributed by atoms with van der Waals surface area (Å²) < 4.78 is 14.1. The second-order valence-corrected chi connectivity index (χ2v) is 5.67. The van der Waals surface area contributed by atoms with Gasteiger partial charge in [0.05, 0.1) is 5.92 Å². The van der Waals surface area contributed by atoms with Gasteiger partial charge >= 0.3 is 0 Å². The molecule has 0 aromatic heterocycles. The molecule has 1 atom stereocenters. The molecule has 1 amide bonds. The van der Waals surface area contributed by atoms with Gasteiger partial charge in [0.25, 0.3) is 0 Å². The van der Waals surface area contributed by atoms with Crippen molar-refractivity contribution in [1.82, 2.24) is 10.6 Å². The number of nitrogens with one attached hydrogen (secondary N) is 2. The molecule has 5 heteroatoms. The van der Waals surface area contributed by atoms with E-state index < -0.39 is 0 Å². The van der Waals surface area contributed by atoms with Crippen LogP contribution in [-0.2, 0) is 11.3 Å². The predicted octanol–water partition coefficient (Wildman–Crippen LogP) is 2.14. The van der Waals surface area contributed by atoms with Crippen LogP contribution in [0.25, 0.3) is 0 Å². The molecule has 0 saturated heterocycles. The molecular formula is C16H26FN3O. The van der Waals surface area contributed by atoms with E-state index in [0.717, 1.165) is 5.69 Å². The van der Waals surface area contributed by atoms with Crippen LogP contribution >= 0.6 is 0 Å². The number of carbonyl (C=O) groups excluding carboxylic acids is 1. The van der Waals surface area contributed by atoms with Gasteiger partial charge in [0.2, 0.25) is 5.91 Å². The first-order valence-corrected chi connectivity index (χ1v) is 7.30. The van der Waals surface area contributed by atoms with Crippen molar-refractivity contribution < 1.29 is 9.18 Å². The first-order chi connectivity index (χ1) is 9.86. The summed E-state index contributed by atoms with van der Waals surface area (Å²) >= 11 is 0. The predicted molar refractivity (Wildman–Crippen MR) is 84.9 cm³/mol. The van der Waals surface area contributed by atoms with Gasteiger partial charge in [-0.2, -0.15) is 0 Å². The maximum absolute atomic E-state index is 14.1. The smallest absolute Gasteiger partial charge is 0.224 e. The maximum Gasteiger partial charge on any atom is 0.224 e. The summed E-state index contributed by atoms with van der Waals surface area (Å²) in [6.45, 7) is 6.92. The van der Waals surface area contributed by atoms with Crippen LogP contribution in [0.3, 0.4) is 0 Å². The standard InChI is InChI=1S/C16H26FN3O/c1-11(2)19-9-13-14(17)7-6-8-15(13)20(5)10-12(3)16(21)18-4/h6-8,11-12,19H,9-10H2,1-5H3,(H,18,21). The van der Waals surface area contributed by atoms with E-state index >= 15 is 0 Å². The highest BCUT2D eigenvalue weighted by atomic mass is 19.1. The monoisotopic (exact) mass is 295 g/mol. The number of hydrogen-bond donors (Lipinski definition) is 2. The Morgan fingerprint density at radius 1 is 1.33 bits per heavy atom. The van der Waals surface area contributed by atoms with Crippen LogP contribution in [0.1, 0.15) is 26.3 Å². The average Bonchev–Trinajstić information content (AvgIpc) is 2.44. The third kappa shape index (κ3) is 5.01. The normalized spacial score (nSPS) is 12.3. The van der Waals surface area contributed by atoms with Crippen molar-refractivity contribution >= 4 is 11.6 Å². The van der Waals surface area contributed by atoms with Gasteiger partial charge in [0, 0.05) is 44.5 Å². The Bertz CT molecular complexity index is 477. The third-order valence-electron chi connectivity index (χ3n) is 3.43. The minimum absolute atomic E-state index is 0.0138. The maximum atomic E-state index is 14.1. The molecule has 0 aliphatic carbocycles. The third-order valence-corrected chi connectivity index (χ3v) is 3.43. The molecule has 0 aliphatic heterocycles. The molecule has 2 N–H and O–H groups in total. The topological polar surface area (TPSA) is 44.4 Å². The molecule has 0 aliphatic rings. The summed E-state index contributed by atoms with van der Waals surface area (Å²) in [6.07, 6.45) is 0. The fourth-order valence-electron chi connectivity index (χ4n) is 2.22. The lowest BCUT2D eigenvalue weighted by Crippen LogP contribution is -2.35. The highest BCUT2D eigenvalue weighted by Crippen LogP contribution is 2.23. The van der Waals surface area contributed by atoms with Crippen LogP contribution in [0.5, 0.6) is 0 Å². The van der Waals surface area contributed by atoms with Crippen molar-refractivity contribution in [3.63, 3.8) is 0 Å². The van der Waals surface area contributed by atoms with E-state index in [2.05, 4.69) is 10.6 Å². The Morgan fingerprint density at radius 3 is 2.57 bits per heavy atom. The van der Waals surface area contributed by atoms with E-state index in [-0.39, 0.29) is 23.7 Å². The summed E-state index contributed by atoms with van der Waals surface area (Å²) in [5.41, 5.74) is 1.46. The van der Waals surface area contributed by atoms with Crippen LogP contribution in [0.2, 0.25) is 0 Å². The van der Waals surface area contributed by atoms with Crippen LogP contribution in [-0.4, -0.2) is 32.6 Å². The molecule has 1 unspecified atom stereocenters. The lowest BCUT2D eigenvalue weighted by atomic mass is 10.1. The van der Waals surface area contributed by atoms with Crippen LogP contribution in [0.4, 0.5) is 10.1 Å². The summed E-state index contributed by atoms with van der Waals surface area (Å²) in [7, 11) is 3.51. The van der Waals surface area contributed by atoms with Gasteiger partial charge in [0.15, 0.2) is 0 Å². The van der Waals surface area contributed by atoms with Gasteiger partial charge < -0.3 is 15.5 Å². The first-order valence-electron chi connectivity index (χ1n) is 7.30. The van der Waals surface area contributed by atoms with E-state index in [4.69, 9.17) is 0 Å². The van der Waals surface area contributed by atoms with Crippen LogP contribution < -0.4 is 15.5 Å². The Kier molecular flexibility index (Phi) is 6.62.